The molecule has 0 aliphatic heterocycles. The highest BCUT2D eigenvalue weighted by Crippen LogP contribution is 2.42. The van der Waals surface area contributed by atoms with Crippen molar-refractivity contribution in [2.24, 2.45) is 0 Å². The first kappa shape index (κ1) is 23.6. The molecule has 0 aliphatic carbocycles. The van der Waals surface area contributed by atoms with Crippen LogP contribution in [-0.2, 0) is 0 Å². The Hall–Kier alpha value is -6.00. The standard InChI is InChI=1S/C40H23N3O/c1-3-11-27-24(9-1)18-21-33-37(27)38-28-12-4-2-10-25(28)19-22-34(38)43(33)40-39(41-31-14-6-7-15-32(31)42-40)26-17-20-30-29-13-5-8-16-35(29)44-36(30)23-26/h1-23H. The molecule has 3 aromatic heterocycles. The van der Waals surface area contributed by atoms with Crippen molar-refractivity contribution in [3.8, 4) is 17.1 Å². The Morgan fingerprint density at radius 3 is 1.73 bits per heavy atom. The first-order chi connectivity index (χ1) is 21.8. The molecular formula is C40H23N3O. The highest BCUT2D eigenvalue weighted by molar-refractivity contribution is 6.28. The fourth-order valence-corrected chi connectivity index (χ4v) is 6.99. The van der Waals surface area contributed by atoms with Gasteiger partial charge in [0, 0.05) is 27.1 Å². The first-order valence-corrected chi connectivity index (χ1v) is 14.8. The molecule has 7 aromatic carbocycles. The summed E-state index contributed by atoms with van der Waals surface area (Å²) in [6, 6.07) is 48.9. The van der Waals surface area contributed by atoms with Gasteiger partial charge in [0.15, 0.2) is 5.82 Å². The van der Waals surface area contributed by atoms with Crippen molar-refractivity contribution < 1.29 is 4.42 Å². The number of rotatable bonds is 2. The molecule has 0 bridgehead atoms. The lowest BCUT2D eigenvalue weighted by atomic mass is 10.00. The third kappa shape index (κ3) is 3.22. The molecule has 10 rings (SSSR count). The van der Waals surface area contributed by atoms with Crippen molar-refractivity contribution in [1.29, 1.82) is 0 Å². The summed E-state index contributed by atoms with van der Waals surface area (Å²) < 4.78 is 8.62. The number of nitrogens with zero attached hydrogens (tertiary/aromatic N) is 3. The highest BCUT2D eigenvalue weighted by Gasteiger charge is 2.22. The molecule has 0 amide bonds. The number of fused-ring (bicyclic) bond motifs is 11. The predicted octanol–water partition coefficient (Wildman–Crippen LogP) is 10.6. The lowest BCUT2D eigenvalue weighted by Crippen LogP contribution is -2.03. The van der Waals surface area contributed by atoms with Crippen LogP contribution in [0, 0.1) is 0 Å². The average Bonchev–Trinajstić information content (AvgIpc) is 3.63. The molecule has 0 fully saturated rings. The maximum absolute atomic E-state index is 6.31. The Labute approximate surface area is 251 Å². The lowest BCUT2D eigenvalue weighted by molar-refractivity contribution is 0.669. The van der Waals surface area contributed by atoms with Gasteiger partial charge in [-0.15, -0.1) is 0 Å². The van der Waals surface area contributed by atoms with Gasteiger partial charge in [-0.2, -0.15) is 0 Å². The quantitative estimate of drug-likeness (QED) is 0.211. The summed E-state index contributed by atoms with van der Waals surface area (Å²) in [7, 11) is 0. The van der Waals surface area contributed by atoms with E-state index in [0.717, 1.165) is 61.1 Å². The topological polar surface area (TPSA) is 43.9 Å². The van der Waals surface area contributed by atoms with Crippen LogP contribution >= 0.6 is 0 Å². The molecule has 3 heterocycles. The minimum atomic E-state index is 0.796. The van der Waals surface area contributed by atoms with E-state index in [1.54, 1.807) is 0 Å². The molecule has 0 radical (unpaired) electrons. The van der Waals surface area contributed by atoms with E-state index in [-0.39, 0.29) is 0 Å². The van der Waals surface area contributed by atoms with Crippen molar-refractivity contribution in [2.75, 3.05) is 0 Å². The molecule has 44 heavy (non-hydrogen) atoms. The Morgan fingerprint density at radius 1 is 0.455 bits per heavy atom. The maximum atomic E-state index is 6.31. The van der Waals surface area contributed by atoms with E-state index in [1.165, 1.54) is 32.3 Å². The molecule has 4 nitrogen and oxygen atoms in total. The molecule has 0 atom stereocenters. The normalized spacial score (nSPS) is 12.1. The summed E-state index contributed by atoms with van der Waals surface area (Å²) in [6.07, 6.45) is 0. The maximum Gasteiger partial charge on any atom is 0.165 e. The fraction of sp³-hybridized carbons (Fsp3) is 0. The van der Waals surface area contributed by atoms with E-state index in [4.69, 9.17) is 14.4 Å². The zero-order valence-corrected chi connectivity index (χ0v) is 23.5. The van der Waals surface area contributed by atoms with E-state index < -0.39 is 0 Å². The third-order valence-corrected chi connectivity index (χ3v) is 8.96. The van der Waals surface area contributed by atoms with Gasteiger partial charge >= 0.3 is 0 Å². The van der Waals surface area contributed by atoms with Gasteiger partial charge in [-0.3, -0.25) is 4.57 Å². The minimum absolute atomic E-state index is 0.796. The molecule has 0 unspecified atom stereocenters. The Kier molecular flexibility index (Phi) is 4.69. The summed E-state index contributed by atoms with van der Waals surface area (Å²) >= 11 is 0. The van der Waals surface area contributed by atoms with Gasteiger partial charge in [0.1, 0.15) is 16.9 Å². The summed E-state index contributed by atoms with van der Waals surface area (Å²) in [5.41, 5.74) is 7.40. The second-order valence-electron chi connectivity index (χ2n) is 11.4. The summed E-state index contributed by atoms with van der Waals surface area (Å²) in [5, 5.41) is 9.54. The molecule has 0 spiro atoms. The van der Waals surface area contributed by atoms with E-state index in [9.17, 15) is 0 Å². The summed E-state index contributed by atoms with van der Waals surface area (Å²) in [6.45, 7) is 0. The lowest BCUT2D eigenvalue weighted by Gasteiger charge is -2.14. The van der Waals surface area contributed by atoms with Crippen LogP contribution in [0.2, 0.25) is 0 Å². The molecule has 0 saturated heterocycles. The third-order valence-electron chi connectivity index (χ3n) is 8.96. The van der Waals surface area contributed by atoms with Gasteiger partial charge in [-0.25, -0.2) is 9.97 Å². The molecule has 4 heteroatoms. The monoisotopic (exact) mass is 561 g/mol. The largest absolute Gasteiger partial charge is 0.456 e. The van der Waals surface area contributed by atoms with Crippen LogP contribution in [-0.4, -0.2) is 14.5 Å². The Balaban J connectivity index is 1.37. The zero-order valence-electron chi connectivity index (χ0n) is 23.5. The van der Waals surface area contributed by atoms with Gasteiger partial charge in [0.05, 0.1) is 22.1 Å². The van der Waals surface area contributed by atoms with E-state index in [2.05, 4.69) is 102 Å². The van der Waals surface area contributed by atoms with Crippen LogP contribution in [0.25, 0.3) is 93.4 Å². The highest BCUT2D eigenvalue weighted by atomic mass is 16.3. The number of hydrogen-bond acceptors (Lipinski definition) is 3. The van der Waals surface area contributed by atoms with E-state index in [0.29, 0.717) is 0 Å². The van der Waals surface area contributed by atoms with Crippen molar-refractivity contribution >= 4 is 76.3 Å². The van der Waals surface area contributed by atoms with Gasteiger partial charge < -0.3 is 4.42 Å². The van der Waals surface area contributed by atoms with Crippen molar-refractivity contribution in [2.45, 2.75) is 0 Å². The van der Waals surface area contributed by atoms with Crippen molar-refractivity contribution in [1.82, 2.24) is 14.5 Å². The first-order valence-electron chi connectivity index (χ1n) is 14.8. The van der Waals surface area contributed by atoms with Crippen LogP contribution in [0.3, 0.4) is 0 Å². The van der Waals surface area contributed by atoms with Crippen LogP contribution in [0.15, 0.2) is 144 Å². The molecule has 204 valence electrons. The van der Waals surface area contributed by atoms with Crippen molar-refractivity contribution in [3.05, 3.63) is 140 Å². The second kappa shape index (κ2) is 8.76. The van der Waals surface area contributed by atoms with Gasteiger partial charge in [-0.05, 0) is 64.0 Å². The van der Waals surface area contributed by atoms with E-state index in [1.807, 2.05) is 42.5 Å². The average molecular weight is 562 g/mol. The van der Waals surface area contributed by atoms with Crippen LogP contribution < -0.4 is 0 Å². The Morgan fingerprint density at radius 2 is 1.02 bits per heavy atom. The molecular weight excluding hydrogens is 538 g/mol. The number of hydrogen-bond donors (Lipinski definition) is 0. The predicted molar refractivity (Wildman–Crippen MR) is 182 cm³/mol. The molecule has 0 N–H and O–H groups in total. The van der Waals surface area contributed by atoms with Gasteiger partial charge in [0.25, 0.3) is 0 Å². The molecule has 10 aromatic rings. The van der Waals surface area contributed by atoms with E-state index >= 15 is 0 Å². The summed E-state index contributed by atoms with van der Waals surface area (Å²) in [4.78, 5) is 10.6. The minimum Gasteiger partial charge on any atom is -0.456 e. The van der Waals surface area contributed by atoms with Gasteiger partial charge in [-0.1, -0.05) is 97.1 Å². The smallest absolute Gasteiger partial charge is 0.165 e. The zero-order chi connectivity index (χ0) is 28.8. The summed E-state index contributed by atoms with van der Waals surface area (Å²) in [5.74, 6) is 0.796. The SMILES string of the molecule is c1ccc2c(c1)ccc1c2c2c3ccccc3ccc2n1-c1nc2ccccc2nc1-c1ccc2c(c1)oc1ccccc12. The number of aromatic nitrogens is 3. The second-order valence-corrected chi connectivity index (χ2v) is 11.4. The van der Waals surface area contributed by atoms with Crippen LogP contribution in [0.5, 0.6) is 0 Å². The number of benzene rings is 7. The van der Waals surface area contributed by atoms with Crippen molar-refractivity contribution in [3.63, 3.8) is 0 Å². The Bertz CT molecular complexity index is 2690. The fourth-order valence-electron chi connectivity index (χ4n) is 6.99. The number of furan rings is 1. The van der Waals surface area contributed by atoms with Crippen LogP contribution in [0.1, 0.15) is 0 Å². The van der Waals surface area contributed by atoms with Crippen LogP contribution in [0.4, 0.5) is 0 Å². The van der Waals surface area contributed by atoms with Gasteiger partial charge in [0.2, 0.25) is 0 Å². The molecule has 0 aliphatic rings. The molecule has 0 saturated carbocycles. The number of para-hydroxylation sites is 3.